The van der Waals surface area contributed by atoms with E-state index in [4.69, 9.17) is 15.0 Å². The first-order valence-electron chi connectivity index (χ1n) is 15.2. The number of aromatic nitrogens is 6. The maximum Gasteiger partial charge on any atom is 0.146 e. The predicted octanol–water partition coefficient (Wildman–Crippen LogP) is 9.28. The number of nitrogens with zero attached hydrogens (tertiary/aromatic N) is 6. The molecule has 46 heavy (non-hydrogen) atoms. The van der Waals surface area contributed by atoms with Crippen LogP contribution in [0.3, 0.4) is 0 Å². The third-order valence-electron chi connectivity index (χ3n) is 8.51. The summed E-state index contributed by atoms with van der Waals surface area (Å²) in [5.41, 5.74) is 11.3. The number of hydrogen-bond donors (Lipinski definition) is 0. The van der Waals surface area contributed by atoms with Crippen molar-refractivity contribution in [2.24, 2.45) is 0 Å². The molecule has 0 aliphatic rings. The molecule has 0 amide bonds. The molecule has 0 saturated carbocycles. The summed E-state index contributed by atoms with van der Waals surface area (Å²) in [6, 6.07) is 48.2. The minimum absolute atomic E-state index is 0.855. The van der Waals surface area contributed by atoms with Crippen molar-refractivity contribution in [3.8, 4) is 50.8 Å². The van der Waals surface area contributed by atoms with Gasteiger partial charge in [0, 0.05) is 46.4 Å². The molecular formula is C40H26N6. The average molecular weight is 591 g/mol. The Morgan fingerprint density at radius 3 is 1.93 bits per heavy atom. The molecule has 0 unspecified atom stereocenters. The van der Waals surface area contributed by atoms with Crippen LogP contribution in [-0.2, 0) is 0 Å². The van der Waals surface area contributed by atoms with Crippen molar-refractivity contribution in [3.05, 3.63) is 158 Å². The molecule has 0 atom stereocenters. The Morgan fingerprint density at radius 1 is 0.435 bits per heavy atom. The van der Waals surface area contributed by atoms with Crippen LogP contribution in [0.1, 0.15) is 0 Å². The highest BCUT2D eigenvalue weighted by atomic mass is 15.1. The fourth-order valence-corrected chi connectivity index (χ4v) is 6.29. The summed E-state index contributed by atoms with van der Waals surface area (Å²) in [4.78, 5) is 19.1. The van der Waals surface area contributed by atoms with E-state index in [0.29, 0.717) is 0 Å². The van der Waals surface area contributed by atoms with Gasteiger partial charge in [0.2, 0.25) is 0 Å². The van der Waals surface area contributed by atoms with Gasteiger partial charge in [0.05, 0.1) is 22.2 Å². The lowest BCUT2D eigenvalue weighted by molar-refractivity contribution is 1.10. The minimum Gasteiger partial charge on any atom is -0.292 e. The second kappa shape index (κ2) is 10.6. The van der Waals surface area contributed by atoms with Gasteiger partial charge in [0.25, 0.3) is 0 Å². The predicted molar refractivity (Wildman–Crippen MR) is 185 cm³/mol. The Bertz CT molecular complexity index is 2500. The van der Waals surface area contributed by atoms with Crippen LogP contribution in [0.5, 0.6) is 0 Å². The van der Waals surface area contributed by atoms with Crippen LogP contribution in [-0.4, -0.2) is 28.9 Å². The van der Waals surface area contributed by atoms with E-state index in [1.807, 2.05) is 36.5 Å². The third kappa shape index (κ3) is 4.27. The largest absolute Gasteiger partial charge is 0.292 e. The van der Waals surface area contributed by atoms with Crippen LogP contribution in [0.25, 0.3) is 78.4 Å². The molecule has 4 aromatic carbocycles. The van der Waals surface area contributed by atoms with Crippen molar-refractivity contribution in [1.29, 1.82) is 0 Å². The molecule has 5 aromatic heterocycles. The molecule has 0 aliphatic carbocycles. The van der Waals surface area contributed by atoms with E-state index >= 15 is 0 Å². The number of pyridine rings is 3. The van der Waals surface area contributed by atoms with Gasteiger partial charge < -0.3 is 0 Å². The Labute approximate surface area is 264 Å². The molecule has 0 saturated heterocycles. The molecule has 5 heterocycles. The molecule has 6 heteroatoms. The molecule has 6 nitrogen and oxygen atoms in total. The second-order valence-corrected chi connectivity index (χ2v) is 11.2. The number of hydrogen-bond acceptors (Lipinski definition) is 4. The highest BCUT2D eigenvalue weighted by Crippen LogP contribution is 2.34. The van der Waals surface area contributed by atoms with Gasteiger partial charge in [-0.1, -0.05) is 78.9 Å². The van der Waals surface area contributed by atoms with Gasteiger partial charge in [0.15, 0.2) is 0 Å². The summed E-state index contributed by atoms with van der Waals surface area (Å²) in [6.07, 6.45) is 5.44. The second-order valence-electron chi connectivity index (χ2n) is 11.2. The van der Waals surface area contributed by atoms with Crippen LogP contribution in [0.4, 0.5) is 0 Å². The van der Waals surface area contributed by atoms with Crippen molar-refractivity contribution < 1.29 is 0 Å². The zero-order valence-corrected chi connectivity index (χ0v) is 24.7. The van der Waals surface area contributed by atoms with Crippen molar-refractivity contribution in [2.75, 3.05) is 0 Å². The lowest BCUT2D eigenvalue weighted by Gasteiger charge is -2.11. The lowest BCUT2D eigenvalue weighted by Crippen LogP contribution is -1.97. The highest BCUT2D eigenvalue weighted by Gasteiger charge is 2.18. The molecule has 0 aliphatic heterocycles. The summed E-state index contributed by atoms with van der Waals surface area (Å²) < 4.78 is 4.40. The SMILES string of the molecule is c1ccc(-c2nc3ccccc3n2-c2ccc(-c3ccc(-c4nc(-c5ccncc5)c5ccc6cccnc6n45)cc3)cc2)cc1. The van der Waals surface area contributed by atoms with Crippen LogP contribution >= 0.6 is 0 Å². The molecule has 9 aromatic rings. The quantitative estimate of drug-likeness (QED) is 0.200. The highest BCUT2D eigenvalue weighted by molar-refractivity contribution is 5.89. The van der Waals surface area contributed by atoms with Crippen molar-refractivity contribution in [3.63, 3.8) is 0 Å². The van der Waals surface area contributed by atoms with E-state index in [1.165, 1.54) is 0 Å². The zero-order chi connectivity index (χ0) is 30.5. The van der Waals surface area contributed by atoms with E-state index in [1.54, 1.807) is 12.4 Å². The topological polar surface area (TPSA) is 60.9 Å². The van der Waals surface area contributed by atoms with E-state index in [9.17, 15) is 0 Å². The number of imidazole rings is 2. The fourth-order valence-electron chi connectivity index (χ4n) is 6.29. The standard InChI is InChI=1S/C40H26N6/c1-2-7-30(8-3-1)39-43-34-10-4-5-11-35(34)45(39)33-19-16-28(17-20-33)27-12-14-32(15-13-27)40-44-37(29-22-25-41-26-23-29)36-21-18-31-9-6-24-42-38(31)46(36)40/h1-26H. The van der Waals surface area contributed by atoms with Crippen molar-refractivity contribution in [2.45, 2.75) is 0 Å². The van der Waals surface area contributed by atoms with Gasteiger partial charge in [0.1, 0.15) is 17.3 Å². The van der Waals surface area contributed by atoms with Crippen molar-refractivity contribution in [1.82, 2.24) is 28.9 Å². The van der Waals surface area contributed by atoms with Crippen molar-refractivity contribution >= 4 is 27.6 Å². The lowest BCUT2D eigenvalue weighted by atomic mass is 10.0. The zero-order valence-electron chi connectivity index (χ0n) is 24.7. The molecule has 216 valence electrons. The number of rotatable bonds is 5. The van der Waals surface area contributed by atoms with E-state index in [2.05, 4.69) is 123 Å². The monoisotopic (exact) mass is 590 g/mol. The fraction of sp³-hybridized carbons (Fsp3) is 0. The Balaban J connectivity index is 1.11. The van der Waals surface area contributed by atoms with Crippen LogP contribution in [0.15, 0.2) is 158 Å². The Kier molecular flexibility index (Phi) is 6.03. The molecular weight excluding hydrogens is 564 g/mol. The molecule has 0 radical (unpaired) electrons. The first-order valence-corrected chi connectivity index (χ1v) is 15.2. The van der Waals surface area contributed by atoms with E-state index < -0.39 is 0 Å². The smallest absolute Gasteiger partial charge is 0.146 e. The summed E-state index contributed by atoms with van der Waals surface area (Å²) >= 11 is 0. The summed E-state index contributed by atoms with van der Waals surface area (Å²) in [5, 5.41) is 1.06. The van der Waals surface area contributed by atoms with Crippen LogP contribution in [0, 0.1) is 0 Å². The van der Waals surface area contributed by atoms with Crippen LogP contribution in [0.2, 0.25) is 0 Å². The molecule has 0 spiro atoms. The van der Waals surface area contributed by atoms with Gasteiger partial charge in [-0.15, -0.1) is 0 Å². The first-order chi connectivity index (χ1) is 22.8. The first kappa shape index (κ1) is 26.0. The van der Waals surface area contributed by atoms with Gasteiger partial charge in [-0.2, -0.15) is 0 Å². The maximum atomic E-state index is 5.17. The molecule has 0 bridgehead atoms. The molecule has 0 fully saturated rings. The van der Waals surface area contributed by atoms with Gasteiger partial charge in [-0.05, 0) is 71.8 Å². The molecule has 0 N–H and O–H groups in total. The Hall–Kier alpha value is -6.40. The maximum absolute atomic E-state index is 5.17. The minimum atomic E-state index is 0.855. The number of fused-ring (bicyclic) bond motifs is 4. The Morgan fingerprint density at radius 2 is 1.13 bits per heavy atom. The summed E-state index contributed by atoms with van der Waals surface area (Å²) in [6.45, 7) is 0. The third-order valence-corrected chi connectivity index (χ3v) is 8.51. The van der Waals surface area contributed by atoms with Gasteiger partial charge >= 0.3 is 0 Å². The van der Waals surface area contributed by atoms with Gasteiger partial charge in [-0.3, -0.25) is 14.0 Å². The summed E-state index contributed by atoms with van der Waals surface area (Å²) in [5.74, 6) is 1.78. The number of benzene rings is 4. The normalized spacial score (nSPS) is 11.5. The number of para-hydroxylation sites is 2. The average Bonchev–Trinajstić information content (AvgIpc) is 3.73. The summed E-state index contributed by atoms with van der Waals surface area (Å²) in [7, 11) is 0. The molecule has 9 rings (SSSR count). The van der Waals surface area contributed by atoms with E-state index in [0.717, 1.165) is 78.4 Å². The van der Waals surface area contributed by atoms with Crippen LogP contribution < -0.4 is 0 Å². The van der Waals surface area contributed by atoms with Gasteiger partial charge in [-0.25, -0.2) is 15.0 Å². The van der Waals surface area contributed by atoms with E-state index in [-0.39, 0.29) is 0 Å².